The third-order valence-electron chi connectivity index (χ3n) is 2.69. The average Bonchev–Trinajstić information content (AvgIpc) is 2.29. The first kappa shape index (κ1) is 11.5. The van der Waals surface area contributed by atoms with Gasteiger partial charge in [-0.2, -0.15) is 0 Å². The molecular weight excluding hydrogens is 222 g/mol. The van der Waals surface area contributed by atoms with Crippen LogP contribution in [0.2, 0.25) is 0 Å². The molecule has 0 spiro atoms. The Balaban J connectivity index is 2.25. The van der Waals surface area contributed by atoms with Gasteiger partial charge in [-0.25, -0.2) is 0 Å². The Morgan fingerprint density at radius 2 is 2.24 bits per heavy atom. The molecular formula is C11H13N3O3. The standard InChI is InChI=1S/C11H13N3O3/c1-7-6-12-10(11(15)13-7)8-3-2-4-9(5-8)14(16)17/h2-5,7,10,12H,6H2,1H3,(H,13,15)/t7-,10-/m1/s1. The Morgan fingerprint density at radius 3 is 2.88 bits per heavy atom. The summed E-state index contributed by atoms with van der Waals surface area (Å²) in [4.78, 5) is 21.9. The van der Waals surface area contributed by atoms with Crippen molar-refractivity contribution < 1.29 is 9.72 Å². The summed E-state index contributed by atoms with van der Waals surface area (Å²) < 4.78 is 0. The molecule has 1 heterocycles. The summed E-state index contributed by atoms with van der Waals surface area (Å²) in [6.07, 6.45) is 0. The van der Waals surface area contributed by atoms with Gasteiger partial charge < -0.3 is 10.6 Å². The van der Waals surface area contributed by atoms with E-state index in [2.05, 4.69) is 10.6 Å². The minimum Gasteiger partial charge on any atom is -0.351 e. The second kappa shape index (κ2) is 4.50. The maximum atomic E-state index is 11.7. The molecule has 0 bridgehead atoms. The van der Waals surface area contributed by atoms with Gasteiger partial charge in [0.25, 0.3) is 5.69 Å². The molecule has 1 fully saturated rings. The summed E-state index contributed by atoms with van der Waals surface area (Å²) in [7, 11) is 0. The van der Waals surface area contributed by atoms with Crippen molar-refractivity contribution in [2.45, 2.75) is 19.0 Å². The molecule has 1 amide bonds. The third kappa shape index (κ3) is 2.42. The number of hydrogen-bond donors (Lipinski definition) is 2. The number of rotatable bonds is 2. The summed E-state index contributed by atoms with van der Waals surface area (Å²) in [5.41, 5.74) is 0.610. The van der Waals surface area contributed by atoms with E-state index in [0.29, 0.717) is 12.1 Å². The van der Waals surface area contributed by atoms with Crippen LogP contribution in [-0.2, 0) is 4.79 Å². The number of nitro groups is 1. The Bertz CT molecular complexity index is 461. The lowest BCUT2D eigenvalue weighted by Crippen LogP contribution is -2.52. The molecule has 0 aromatic heterocycles. The zero-order chi connectivity index (χ0) is 12.4. The van der Waals surface area contributed by atoms with Crippen LogP contribution < -0.4 is 10.6 Å². The van der Waals surface area contributed by atoms with Crippen LogP contribution in [0.25, 0.3) is 0 Å². The number of hydrogen-bond acceptors (Lipinski definition) is 4. The van der Waals surface area contributed by atoms with Gasteiger partial charge in [0.1, 0.15) is 6.04 Å². The monoisotopic (exact) mass is 235 g/mol. The van der Waals surface area contributed by atoms with Gasteiger partial charge in [-0.1, -0.05) is 12.1 Å². The zero-order valence-corrected chi connectivity index (χ0v) is 9.34. The number of non-ortho nitro benzene ring substituents is 1. The summed E-state index contributed by atoms with van der Waals surface area (Å²) in [6.45, 7) is 2.55. The molecule has 1 aromatic carbocycles. The molecule has 0 radical (unpaired) electrons. The number of benzene rings is 1. The quantitative estimate of drug-likeness (QED) is 0.585. The Labute approximate surface area is 98.2 Å². The van der Waals surface area contributed by atoms with E-state index in [4.69, 9.17) is 0 Å². The number of carbonyl (C=O) groups excluding carboxylic acids is 1. The predicted octanol–water partition coefficient (Wildman–Crippen LogP) is 0.744. The van der Waals surface area contributed by atoms with Gasteiger partial charge in [0.2, 0.25) is 5.91 Å². The fourth-order valence-electron chi connectivity index (χ4n) is 1.85. The van der Waals surface area contributed by atoms with E-state index in [9.17, 15) is 14.9 Å². The van der Waals surface area contributed by atoms with Crippen LogP contribution in [0.15, 0.2) is 24.3 Å². The van der Waals surface area contributed by atoms with Crippen LogP contribution in [0.4, 0.5) is 5.69 Å². The van der Waals surface area contributed by atoms with Crippen molar-refractivity contribution in [1.29, 1.82) is 0 Å². The molecule has 0 aliphatic carbocycles. The molecule has 6 heteroatoms. The van der Waals surface area contributed by atoms with E-state index in [1.165, 1.54) is 12.1 Å². The van der Waals surface area contributed by atoms with Crippen LogP contribution in [0, 0.1) is 10.1 Å². The summed E-state index contributed by atoms with van der Waals surface area (Å²) in [5.74, 6) is -0.149. The number of amides is 1. The number of nitrogens with one attached hydrogen (secondary N) is 2. The summed E-state index contributed by atoms with van der Waals surface area (Å²) >= 11 is 0. The summed E-state index contributed by atoms with van der Waals surface area (Å²) in [5, 5.41) is 16.5. The van der Waals surface area contributed by atoms with Crippen LogP contribution in [-0.4, -0.2) is 23.4 Å². The molecule has 0 unspecified atom stereocenters. The van der Waals surface area contributed by atoms with Crippen molar-refractivity contribution in [3.63, 3.8) is 0 Å². The number of nitro benzene ring substituents is 1. The van der Waals surface area contributed by atoms with Crippen LogP contribution >= 0.6 is 0 Å². The zero-order valence-electron chi connectivity index (χ0n) is 9.34. The lowest BCUT2D eigenvalue weighted by atomic mass is 10.0. The molecule has 90 valence electrons. The Hall–Kier alpha value is -1.95. The highest BCUT2D eigenvalue weighted by atomic mass is 16.6. The van der Waals surface area contributed by atoms with Gasteiger partial charge in [-0.15, -0.1) is 0 Å². The van der Waals surface area contributed by atoms with E-state index < -0.39 is 11.0 Å². The van der Waals surface area contributed by atoms with Crippen LogP contribution in [0.1, 0.15) is 18.5 Å². The molecule has 2 rings (SSSR count). The van der Waals surface area contributed by atoms with Gasteiger partial charge >= 0.3 is 0 Å². The second-order valence-corrected chi connectivity index (χ2v) is 4.10. The van der Waals surface area contributed by atoms with Gasteiger partial charge in [0.15, 0.2) is 0 Å². The topological polar surface area (TPSA) is 84.3 Å². The highest BCUT2D eigenvalue weighted by Crippen LogP contribution is 2.20. The van der Waals surface area contributed by atoms with Gasteiger partial charge in [0.05, 0.1) is 4.92 Å². The van der Waals surface area contributed by atoms with Crippen LogP contribution in [0.5, 0.6) is 0 Å². The van der Waals surface area contributed by atoms with Crippen molar-refractivity contribution in [3.05, 3.63) is 39.9 Å². The van der Waals surface area contributed by atoms with E-state index in [-0.39, 0.29) is 17.6 Å². The average molecular weight is 235 g/mol. The smallest absolute Gasteiger partial charge is 0.269 e. The molecule has 2 N–H and O–H groups in total. The minimum atomic E-state index is -0.508. The highest BCUT2D eigenvalue weighted by molar-refractivity contribution is 5.84. The van der Waals surface area contributed by atoms with E-state index >= 15 is 0 Å². The summed E-state index contributed by atoms with van der Waals surface area (Å²) in [6, 6.07) is 5.70. The number of piperazine rings is 1. The normalized spacial score (nSPS) is 24.2. The molecule has 1 saturated heterocycles. The van der Waals surface area contributed by atoms with Gasteiger partial charge in [0, 0.05) is 24.7 Å². The fraction of sp³-hybridized carbons (Fsp3) is 0.364. The van der Waals surface area contributed by atoms with Crippen molar-refractivity contribution in [3.8, 4) is 0 Å². The molecule has 0 saturated carbocycles. The highest BCUT2D eigenvalue weighted by Gasteiger charge is 2.27. The van der Waals surface area contributed by atoms with Crippen molar-refractivity contribution >= 4 is 11.6 Å². The lowest BCUT2D eigenvalue weighted by Gasteiger charge is -2.28. The molecule has 1 aromatic rings. The molecule has 2 atom stereocenters. The van der Waals surface area contributed by atoms with E-state index in [1.54, 1.807) is 12.1 Å². The number of nitrogens with zero attached hydrogens (tertiary/aromatic N) is 1. The first-order valence-electron chi connectivity index (χ1n) is 5.36. The Kier molecular flexibility index (Phi) is 3.06. The molecule has 17 heavy (non-hydrogen) atoms. The third-order valence-corrected chi connectivity index (χ3v) is 2.69. The largest absolute Gasteiger partial charge is 0.351 e. The molecule has 6 nitrogen and oxygen atoms in total. The maximum Gasteiger partial charge on any atom is 0.269 e. The van der Waals surface area contributed by atoms with Crippen molar-refractivity contribution in [2.24, 2.45) is 0 Å². The fourth-order valence-corrected chi connectivity index (χ4v) is 1.85. The maximum absolute atomic E-state index is 11.7. The first-order chi connectivity index (χ1) is 8.08. The minimum absolute atomic E-state index is 0.00396. The van der Waals surface area contributed by atoms with Crippen molar-refractivity contribution in [1.82, 2.24) is 10.6 Å². The van der Waals surface area contributed by atoms with Gasteiger partial charge in [-0.05, 0) is 12.5 Å². The lowest BCUT2D eigenvalue weighted by molar-refractivity contribution is -0.384. The van der Waals surface area contributed by atoms with E-state index in [1.807, 2.05) is 6.92 Å². The molecule has 1 aliphatic heterocycles. The second-order valence-electron chi connectivity index (χ2n) is 4.10. The van der Waals surface area contributed by atoms with Gasteiger partial charge in [-0.3, -0.25) is 14.9 Å². The predicted molar refractivity (Wildman–Crippen MR) is 61.4 cm³/mol. The first-order valence-corrected chi connectivity index (χ1v) is 5.36. The SMILES string of the molecule is C[C@@H]1CN[C@H](c2cccc([N+](=O)[O-])c2)C(=O)N1. The van der Waals surface area contributed by atoms with Crippen molar-refractivity contribution in [2.75, 3.05) is 6.54 Å². The Morgan fingerprint density at radius 1 is 1.47 bits per heavy atom. The van der Waals surface area contributed by atoms with E-state index in [0.717, 1.165) is 0 Å². The molecule has 1 aliphatic rings. The number of carbonyl (C=O) groups is 1. The van der Waals surface area contributed by atoms with Crippen LogP contribution in [0.3, 0.4) is 0 Å².